The molecule has 0 unspecified atom stereocenters. The average Bonchev–Trinajstić information content (AvgIpc) is 2.78. The van der Waals surface area contributed by atoms with Crippen LogP contribution in [0, 0.1) is 5.92 Å². The molecule has 2 amide bonds. The van der Waals surface area contributed by atoms with Crippen LogP contribution in [0.3, 0.4) is 0 Å². The molecule has 146 valence electrons. The SMILES string of the molecule is CC(C)[C@H]1COC(=O)N1C(=O)C[C@@H](O)C[C@@H](C)O[Si](C)(C)C(C)(C)C. The molecule has 0 radical (unpaired) electrons. The molecule has 1 saturated heterocycles. The van der Waals surface area contributed by atoms with Crippen molar-refractivity contribution in [1.29, 1.82) is 0 Å². The van der Waals surface area contributed by atoms with Gasteiger partial charge in [0.15, 0.2) is 8.32 Å². The fraction of sp³-hybridized carbons (Fsp3) is 0.889. The van der Waals surface area contributed by atoms with Gasteiger partial charge in [0.2, 0.25) is 5.91 Å². The van der Waals surface area contributed by atoms with Gasteiger partial charge in [-0.25, -0.2) is 9.69 Å². The monoisotopic (exact) mass is 373 g/mol. The lowest BCUT2D eigenvalue weighted by atomic mass is 10.0. The van der Waals surface area contributed by atoms with Gasteiger partial charge in [-0.2, -0.15) is 0 Å². The van der Waals surface area contributed by atoms with Crippen molar-refractivity contribution in [3.05, 3.63) is 0 Å². The van der Waals surface area contributed by atoms with E-state index in [1.807, 2.05) is 20.8 Å². The van der Waals surface area contributed by atoms with Gasteiger partial charge in [0.25, 0.3) is 0 Å². The lowest BCUT2D eigenvalue weighted by molar-refractivity contribution is -0.132. The van der Waals surface area contributed by atoms with Crippen molar-refractivity contribution in [2.24, 2.45) is 5.92 Å². The van der Waals surface area contributed by atoms with Crippen molar-refractivity contribution in [3.63, 3.8) is 0 Å². The summed E-state index contributed by atoms with van der Waals surface area (Å²) >= 11 is 0. The lowest BCUT2D eigenvalue weighted by Gasteiger charge is -2.38. The summed E-state index contributed by atoms with van der Waals surface area (Å²) in [5.74, 6) is -0.262. The number of aliphatic hydroxyl groups excluding tert-OH is 1. The summed E-state index contributed by atoms with van der Waals surface area (Å²) < 4.78 is 11.2. The summed E-state index contributed by atoms with van der Waals surface area (Å²) in [6.07, 6.45) is -1.32. The second-order valence-corrected chi connectivity index (χ2v) is 13.7. The Bertz CT molecular complexity index is 486. The molecule has 3 atom stereocenters. The predicted molar refractivity (Wildman–Crippen MR) is 99.8 cm³/mol. The minimum absolute atomic E-state index is 0.0891. The minimum Gasteiger partial charge on any atom is -0.447 e. The second kappa shape index (κ2) is 8.18. The first-order valence-corrected chi connectivity index (χ1v) is 12.0. The first kappa shape index (κ1) is 22.1. The van der Waals surface area contributed by atoms with Crippen LogP contribution in [0.25, 0.3) is 0 Å². The third-order valence-electron chi connectivity index (χ3n) is 5.26. The molecular formula is C18H35NO5Si. The van der Waals surface area contributed by atoms with Gasteiger partial charge in [-0.1, -0.05) is 34.6 Å². The molecule has 0 aliphatic carbocycles. The molecule has 0 bridgehead atoms. The number of amides is 2. The highest BCUT2D eigenvalue weighted by Gasteiger charge is 2.41. The van der Waals surface area contributed by atoms with Crippen molar-refractivity contribution >= 4 is 20.3 Å². The molecule has 7 heteroatoms. The van der Waals surface area contributed by atoms with Gasteiger partial charge in [-0.05, 0) is 37.4 Å². The molecule has 1 aliphatic heterocycles. The summed E-state index contributed by atoms with van der Waals surface area (Å²) in [6, 6.07) is -0.256. The summed E-state index contributed by atoms with van der Waals surface area (Å²) in [4.78, 5) is 25.4. The summed E-state index contributed by atoms with van der Waals surface area (Å²) in [6.45, 7) is 16.9. The number of hydrogen-bond donors (Lipinski definition) is 1. The van der Waals surface area contributed by atoms with Gasteiger partial charge >= 0.3 is 6.09 Å². The van der Waals surface area contributed by atoms with Gasteiger partial charge in [-0.3, -0.25) is 4.79 Å². The predicted octanol–water partition coefficient (Wildman–Crippen LogP) is 3.54. The van der Waals surface area contributed by atoms with Crippen LogP contribution in [0.5, 0.6) is 0 Å². The Morgan fingerprint density at radius 3 is 2.40 bits per heavy atom. The van der Waals surface area contributed by atoms with E-state index in [-0.39, 0.29) is 42.0 Å². The quantitative estimate of drug-likeness (QED) is 0.691. The number of ether oxygens (including phenoxy) is 1. The third kappa shape index (κ3) is 5.79. The van der Waals surface area contributed by atoms with Crippen LogP contribution >= 0.6 is 0 Å². The normalized spacial score (nSPS) is 21.4. The van der Waals surface area contributed by atoms with Crippen LogP contribution in [-0.2, 0) is 14.0 Å². The van der Waals surface area contributed by atoms with E-state index >= 15 is 0 Å². The van der Waals surface area contributed by atoms with Crippen LogP contribution in [0.2, 0.25) is 18.1 Å². The van der Waals surface area contributed by atoms with Crippen molar-refractivity contribution in [2.45, 2.75) is 90.8 Å². The van der Waals surface area contributed by atoms with E-state index < -0.39 is 20.5 Å². The van der Waals surface area contributed by atoms with E-state index in [9.17, 15) is 14.7 Å². The Morgan fingerprint density at radius 2 is 1.92 bits per heavy atom. The first-order valence-electron chi connectivity index (χ1n) is 9.11. The van der Waals surface area contributed by atoms with Crippen LogP contribution < -0.4 is 0 Å². The maximum Gasteiger partial charge on any atom is 0.416 e. The summed E-state index contributed by atoms with van der Waals surface area (Å²) in [7, 11) is -1.92. The Labute approximate surface area is 153 Å². The fourth-order valence-electron chi connectivity index (χ4n) is 2.71. The fourth-order valence-corrected chi connectivity index (χ4v) is 4.16. The van der Waals surface area contributed by atoms with Crippen LogP contribution in [0.1, 0.15) is 54.4 Å². The highest BCUT2D eigenvalue weighted by Crippen LogP contribution is 2.37. The van der Waals surface area contributed by atoms with Crippen LogP contribution in [-0.4, -0.2) is 55.2 Å². The number of aliphatic hydroxyl groups is 1. The van der Waals surface area contributed by atoms with E-state index in [0.29, 0.717) is 6.42 Å². The maximum absolute atomic E-state index is 12.4. The number of carbonyl (C=O) groups excluding carboxylic acids is 2. The van der Waals surface area contributed by atoms with Crippen molar-refractivity contribution < 1.29 is 23.9 Å². The van der Waals surface area contributed by atoms with Gasteiger partial charge in [-0.15, -0.1) is 0 Å². The number of rotatable bonds is 7. The van der Waals surface area contributed by atoms with E-state index in [4.69, 9.17) is 9.16 Å². The largest absolute Gasteiger partial charge is 0.447 e. The zero-order valence-electron chi connectivity index (χ0n) is 17.0. The standard InChI is InChI=1S/C18H35NO5Si/c1-12(2)15-11-23-17(22)19(15)16(21)10-14(20)9-13(3)24-25(7,8)18(4,5)6/h12-15,20H,9-11H2,1-8H3/t13-,14+,15-/m1/s1. The molecule has 6 nitrogen and oxygen atoms in total. The molecule has 1 rings (SSSR count). The first-order chi connectivity index (χ1) is 11.3. The Balaban J connectivity index is 2.60. The van der Waals surface area contributed by atoms with E-state index in [1.165, 1.54) is 0 Å². The zero-order valence-corrected chi connectivity index (χ0v) is 18.0. The summed E-state index contributed by atoms with van der Waals surface area (Å²) in [5, 5.41) is 10.4. The van der Waals surface area contributed by atoms with Gasteiger partial charge < -0.3 is 14.3 Å². The Kier molecular flexibility index (Phi) is 7.24. The molecule has 0 aromatic heterocycles. The summed E-state index contributed by atoms with van der Waals surface area (Å²) in [5.41, 5.74) is 0. The molecule has 25 heavy (non-hydrogen) atoms. The zero-order chi connectivity index (χ0) is 19.6. The number of hydrogen-bond acceptors (Lipinski definition) is 5. The molecule has 1 fully saturated rings. The van der Waals surface area contributed by atoms with E-state index in [2.05, 4.69) is 33.9 Å². The lowest BCUT2D eigenvalue weighted by Crippen LogP contribution is -2.45. The van der Waals surface area contributed by atoms with E-state index in [0.717, 1.165) is 4.90 Å². The number of cyclic esters (lactones) is 1. The van der Waals surface area contributed by atoms with Crippen molar-refractivity contribution in [3.8, 4) is 0 Å². The number of carbonyl (C=O) groups is 2. The van der Waals surface area contributed by atoms with Crippen LogP contribution in [0.15, 0.2) is 0 Å². The Hall–Kier alpha value is -0.923. The molecule has 0 aromatic rings. The molecular weight excluding hydrogens is 338 g/mol. The molecule has 1 N–H and O–H groups in total. The highest BCUT2D eigenvalue weighted by atomic mass is 28.4. The van der Waals surface area contributed by atoms with E-state index in [1.54, 1.807) is 0 Å². The van der Waals surface area contributed by atoms with Gasteiger partial charge in [0.1, 0.15) is 6.61 Å². The Morgan fingerprint density at radius 1 is 1.36 bits per heavy atom. The smallest absolute Gasteiger partial charge is 0.416 e. The van der Waals surface area contributed by atoms with Gasteiger partial charge in [0, 0.05) is 6.10 Å². The van der Waals surface area contributed by atoms with Crippen molar-refractivity contribution in [2.75, 3.05) is 6.61 Å². The number of nitrogens with zero attached hydrogens (tertiary/aromatic N) is 1. The highest BCUT2D eigenvalue weighted by molar-refractivity contribution is 6.74. The maximum atomic E-state index is 12.4. The second-order valence-electron chi connectivity index (χ2n) is 8.93. The van der Waals surface area contributed by atoms with Gasteiger partial charge in [0.05, 0.1) is 18.6 Å². The average molecular weight is 374 g/mol. The topological polar surface area (TPSA) is 76.1 Å². The molecule has 0 saturated carbocycles. The minimum atomic E-state index is -1.92. The molecule has 0 spiro atoms. The molecule has 1 heterocycles. The van der Waals surface area contributed by atoms with Crippen LogP contribution in [0.4, 0.5) is 4.79 Å². The number of imide groups is 1. The van der Waals surface area contributed by atoms with Crippen molar-refractivity contribution in [1.82, 2.24) is 4.90 Å². The third-order valence-corrected chi connectivity index (χ3v) is 9.86. The molecule has 0 aromatic carbocycles. The molecule has 1 aliphatic rings.